The van der Waals surface area contributed by atoms with Crippen molar-refractivity contribution < 1.29 is 9.53 Å². The first-order valence-corrected chi connectivity index (χ1v) is 7.32. The van der Waals surface area contributed by atoms with E-state index in [1.807, 2.05) is 24.3 Å². The second-order valence-corrected chi connectivity index (χ2v) is 5.57. The average Bonchev–Trinajstić information content (AvgIpc) is 2.49. The quantitative estimate of drug-likeness (QED) is 0.743. The van der Waals surface area contributed by atoms with E-state index >= 15 is 0 Å². The minimum Gasteiger partial charge on any atom is -0.495 e. The molecule has 0 radical (unpaired) electrons. The molecule has 0 fully saturated rings. The fraction of sp³-hybridized carbons (Fsp3) is 0.562. The number of carbonyl (C=O) groups is 1. The maximum absolute atomic E-state index is 12.1. The van der Waals surface area contributed by atoms with Crippen molar-refractivity contribution in [3.05, 3.63) is 24.3 Å². The van der Waals surface area contributed by atoms with E-state index < -0.39 is 0 Å². The van der Waals surface area contributed by atoms with E-state index in [1.54, 1.807) is 19.1 Å². The second-order valence-electron chi connectivity index (χ2n) is 5.57. The predicted molar refractivity (Wildman–Crippen MR) is 101 cm³/mol. The number of ether oxygens (including phenoxy) is 1. The first kappa shape index (κ1) is 24.1. The highest BCUT2D eigenvalue weighted by molar-refractivity contribution is 5.85. The molecule has 1 aromatic rings. The number of anilines is 1. The van der Waals surface area contributed by atoms with Crippen molar-refractivity contribution in [1.82, 2.24) is 4.90 Å². The Morgan fingerprint density at radius 1 is 1.30 bits per heavy atom. The summed E-state index contributed by atoms with van der Waals surface area (Å²) in [5.74, 6) is 1.20. The molecule has 0 aromatic heterocycles. The van der Waals surface area contributed by atoms with Gasteiger partial charge in [0, 0.05) is 19.6 Å². The van der Waals surface area contributed by atoms with Crippen LogP contribution in [-0.4, -0.2) is 44.1 Å². The molecule has 23 heavy (non-hydrogen) atoms. The molecule has 3 N–H and O–H groups in total. The molecule has 0 saturated carbocycles. The van der Waals surface area contributed by atoms with Gasteiger partial charge in [-0.25, -0.2) is 0 Å². The highest BCUT2D eigenvalue weighted by atomic mass is 35.5. The van der Waals surface area contributed by atoms with Gasteiger partial charge in [-0.15, -0.1) is 24.8 Å². The molecule has 7 heteroatoms. The van der Waals surface area contributed by atoms with Crippen molar-refractivity contribution in [3.63, 3.8) is 0 Å². The third kappa shape index (κ3) is 8.30. The molecule has 0 heterocycles. The van der Waals surface area contributed by atoms with Crippen LogP contribution in [0.25, 0.3) is 0 Å². The summed E-state index contributed by atoms with van der Waals surface area (Å²) in [6.07, 6.45) is 0.814. The van der Waals surface area contributed by atoms with Crippen molar-refractivity contribution in [2.75, 3.05) is 32.6 Å². The first-order valence-electron chi connectivity index (χ1n) is 7.32. The van der Waals surface area contributed by atoms with Crippen LogP contribution in [0.5, 0.6) is 5.75 Å². The van der Waals surface area contributed by atoms with Gasteiger partial charge in [0.15, 0.2) is 0 Å². The van der Waals surface area contributed by atoms with Gasteiger partial charge in [-0.1, -0.05) is 26.0 Å². The van der Waals surface area contributed by atoms with Crippen molar-refractivity contribution in [2.24, 2.45) is 11.7 Å². The summed E-state index contributed by atoms with van der Waals surface area (Å²) in [7, 11) is 3.42. The van der Waals surface area contributed by atoms with Crippen molar-refractivity contribution >= 4 is 36.4 Å². The molecule has 0 aliphatic carbocycles. The van der Waals surface area contributed by atoms with E-state index in [2.05, 4.69) is 19.2 Å². The molecule has 134 valence electrons. The number of halogens is 2. The third-order valence-corrected chi connectivity index (χ3v) is 3.62. The van der Waals surface area contributed by atoms with Gasteiger partial charge in [0.1, 0.15) is 5.75 Å². The number of nitrogens with zero attached hydrogens (tertiary/aromatic N) is 1. The molecule has 1 unspecified atom stereocenters. The van der Waals surface area contributed by atoms with Gasteiger partial charge in [-0.3, -0.25) is 4.79 Å². The summed E-state index contributed by atoms with van der Waals surface area (Å²) in [5.41, 5.74) is 6.82. The summed E-state index contributed by atoms with van der Waals surface area (Å²) >= 11 is 0. The summed E-state index contributed by atoms with van der Waals surface area (Å²) < 4.78 is 5.24. The predicted octanol–water partition coefficient (Wildman–Crippen LogP) is 2.78. The van der Waals surface area contributed by atoms with Gasteiger partial charge < -0.3 is 20.7 Å². The maximum atomic E-state index is 12.1. The summed E-state index contributed by atoms with van der Waals surface area (Å²) in [4.78, 5) is 13.8. The standard InChI is InChI=1S/C16H27N3O2.2ClH/c1-12(2)13(17)9-10-19(3)16(20)11-18-14-7-5-6-8-15(14)21-4;;/h5-8,12-13,18H,9-11,17H2,1-4H3;2*1H. The Balaban J connectivity index is 0. The second kappa shape index (κ2) is 12.3. The summed E-state index contributed by atoms with van der Waals surface area (Å²) in [6.45, 7) is 5.10. The highest BCUT2D eigenvalue weighted by Crippen LogP contribution is 2.22. The number of hydrogen-bond donors (Lipinski definition) is 2. The number of likely N-dealkylation sites (N-methyl/N-ethyl adjacent to an activating group) is 1. The fourth-order valence-corrected chi connectivity index (χ4v) is 1.90. The zero-order valence-electron chi connectivity index (χ0n) is 14.2. The number of nitrogens with two attached hydrogens (primary N) is 1. The topological polar surface area (TPSA) is 67.6 Å². The normalized spacial score (nSPS) is 11.0. The highest BCUT2D eigenvalue weighted by Gasteiger charge is 2.13. The van der Waals surface area contributed by atoms with Crippen LogP contribution >= 0.6 is 24.8 Å². The number of nitrogens with one attached hydrogen (secondary N) is 1. The van der Waals surface area contributed by atoms with E-state index in [0.717, 1.165) is 17.9 Å². The Labute approximate surface area is 151 Å². The van der Waals surface area contributed by atoms with Gasteiger partial charge in [-0.05, 0) is 24.5 Å². The molecule has 0 saturated heterocycles. The molecule has 0 spiro atoms. The minimum atomic E-state index is 0. The Morgan fingerprint density at radius 2 is 1.91 bits per heavy atom. The summed E-state index contributed by atoms with van der Waals surface area (Å²) in [5, 5.41) is 3.11. The van der Waals surface area contributed by atoms with Crippen molar-refractivity contribution in [3.8, 4) is 5.75 Å². The zero-order valence-corrected chi connectivity index (χ0v) is 15.9. The van der Waals surface area contributed by atoms with Crippen LogP contribution in [-0.2, 0) is 4.79 Å². The van der Waals surface area contributed by atoms with Crippen LogP contribution in [0.1, 0.15) is 20.3 Å². The van der Waals surface area contributed by atoms with Crippen LogP contribution in [0.4, 0.5) is 5.69 Å². The van der Waals surface area contributed by atoms with Crippen LogP contribution in [0, 0.1) is 5.92 Å². The molecule has 1 amide bonds. The molecule has 5 nitrogen and oxygen atoms in total. The number of methoxy groups -OCH3 is 1. The average molecular weight is 366 g/mol. The van der Waals surface area contributed by atoms with E-state index in [4.69, 9.17) is 10.5 Å². The van der Waals surface area contributed by atoms with E-state index in [0.29, 0.717) is 12.5 Å². The Morgan fingerprint density at radius 3 is 2.48 bits per heavy atom. The number of para-hydroxylation sites is 2. The lowest BCUT2D eigenvalue weighted by Crippen LogP contribution is -2.37. The SMILES string of the molecule is COc1ccccc1NCC(=O)N(C)CCC(N)C(C)C.Cl.Cl. The number of carbonyl (C=O) groups excluding carboxylic acids is 1. The molecule has 1 aromatic carbocycles. The molecule has 1 atom stereocenters. The summed E-state index contributed by atoms with van der Waals surface area (Å²) in [6, 6.07) is 7.67. The van der Waals surface area contributed by atoms with Crippen molar-refractivity contribution in [2.45, 2.75) is 26.3 Å². The monoisotopic (exact) mass is 365 g/mol. The van der Waals surface area contributed by atoms with Gasteiger partial charge >= 0.3 is 0 Å². The van der Waals surface area contributed by atoms with Crippen molar-refractivity contribution in [1.29, 1.82) is 0 Å². The van der Waals surface area contributed by atoms with E-state index in [-0.39, 0.29) is 43.3 Å². The molecular weight excluding hydrogens is 337 g/mol. The lowest BCUT2D eigenvalue weighted by molar-refractivity contribution is -0.128. The third-order valence-electron chi connectivity index (χ3n) is 3.62. The fourth-order valence-electron chi connectivity index (χ4n) is 1.90. The van der Waals surface area contributed by atoms with Crippen LogP contribution in [0.15, 0.2) is 24.3 Å². The number of benzene rings is 1. The molecular formula is C16H29Cl2N3O2. The Bertz CT molecular complexity index is 459. The molecule has 0 bridgehead atoms. The zero-order chi connectivity index (χ0) is 15.8. The lowest BCUT2D eigenvalue weighted by atomic mass is 10.0. The van der Waals surface area contributed by atoms with Crippen LogP contribution < -0.4 is 15.8 Å². The Kier molecular flexibility index (Phi) is 12.9. The van der Waals surface area contributed by atoms with E-state index in [1.165, 1.54) is 0 Å². The van der Waals surface area contributed by atoms with E-state index in [9.17, 15) is 4.79 Å². The van der Waals surface area contributed by atoms with Crippen LogP contribution in [0.3, 0.4) is 0 Å². The number of amides is 1. The van der Waals surface area contributed by atoms with Gasteiger partial charge in [0.25, 0.3) is 0 Å². The molecule has 0 aliphatic rings. The maximum Gasteiger partial charge on any atom is 0.241 e. The Hall–Kier alpha value is -1.17. The minimum absolute atomic E-state index is 0. The largest absolute Gasteiger partial charge is 0.495 e. The number of rotatable bonds is 8. The molecule has 0 aliphatic heterocycles. The van der Waals surface area contributed by atoms with Gasteiger partial charge in [0.05, 0.1) is 19.3 Å². The number of hydrogen-bond acceptors (Lipinski definition) is 4. The van der Waals surface area contributed by atoms with Gasteiger partial charge in [0.2, 0.25) is 5.91 Å². The molecule has 1 rings (SSSR count). The smallest absolute Gasteiger partial charge is 0.241 e. The first-order chi connectivity index (χ1) is 9.95. The van der Waals surface area contributed by atoms with Gasteiger partial charge in [-0.2, -0.15) is 0 Å². The van der Waals surface area contributed by atoms with Crippen LogP contribution in [0.2, 0.25) is 0 Å². The lowest BCUT2D eigenvalue weighted by Gasteiger charge is -2.22.